The highest BCUT2D eigenvalue weighted by Gasteiger charge is 2.25. The minimum atomic E-state index is -4.00. The van der Waals surface area contributed by atoms with Crippen molar-refractivity contribution >= 4 is 33.3 Å². The fourth-order valence-corrected chi connectivity index (χ4v) is 3.59. The van der Waals surface area contributed by atoms with Crippen molar-refractivity contribution in [1.82, 2.24) is 4.90 Å². The minimum Gasteiger partial charge on any atom is -0.478 e. The molecule has 0 heterocycles. The second-order valence-electron chi connectivity index (χ2n) is 4.28. The Kier molecular flexibility index (Phi) is 5.74. The number of nitrogens with zero attached hydrogens (tertiary/aromatic N) is 1. The van der Waals surface area contributed by atoms with Gasteiger partial charge >= 0.3 is 5.97 Å². The number of hydrogen-bond donors (Lipinski definition) is 1. The molecule has 0 aliphatic carbocycles. The van der Waals surface area contributed by atoms with Crippen LogP contribution in [0.5, 0.6) is 0 Å². The van der Waals surface area contributed by atoms with Crippen LogP contribution in [-0.4, -0.2) is 49.1 Å². The summed E-state index contributed by atoms with van der Waals surface area (Å²) in [4.78, 5) is 23.9. The highest BCUT2D eigenvalue weighted by atomic mass is 35.5. The van der Waals surface area contributed by atoms with Crippen LogP contribution in [0.3, 0.4) is 0 Å². The van der Waals surface area contributed by atoms with Gasteiger partial charge in [0.2, 0.25) is 5.91 Å². The molecule has 21 heavy (non-hydrogen) atoms. The van der Waals surface area contributed by atoms with E-state index in [1.54, 1.807) is 13.8 Å². The molecule has 8 heteroatoms. The van der Waals surface area contributed by atoms with E-state index in [0.717, 1.165) is 6.07 Å². The summed E-state index contributed by atoms with van der Waals surface area (Å²) in [7, 11) is -4.00. The number of hydrogen-bond acceptors (Lipinski definition) is 4. The van der Waals surface area contributed by atoms with Crippen molar-refractivity contribution in [1.29, 1.82) is 0 Å². The first kappa shape index (κ1) is 17.5. The quantitative estimate of drug-likeness (QED) is 0.855. The van der Waals surface area contributed by atoms with Gasteiger partial charge in [-0.25, -0.2) is 13.2 Å². The molecule has 0 aliphatic heterocycles. The van der Waals surface area contributed by atoms with Crippen molar-refractivity contribution < 1.29 is 23.1 Å². The van der Waals surface area contributed by atoms with Crippen molar-refractivity contribution in [3.05, 3.63) is 28.8 Å². The van der Waals surface area contributed by atoms with Crippen LogP contribution in [0, 0.1) is 0 Å². The molecule has 1 aromatic rings. The summed E-state index contributed by atoms with van der Waals surface area (Å²) < 4.78 is 24.5. The van der Waals surface area contributed by atoms with Gasteiger partial charge in [-0.3, -0.25) is 4.79 Å². The Bertz CT molecular complexity index is 653. The number of sulfone groups is 1. The standard InChI is InChI=1S/C13H16ClNO5S/c1-3-15(4-2)12(16)8-21(19,20)11-7-9(13(17)18)5-6-10(11)14/h5-7H,3-4,8H2,1-2H3,(H,17,18). The summed E-state index contributed by atoms with van der Waals surface area (Å²) in [6.07, 6.45) is 0. The predicted octanol–water partition coefficient (Wildman–Crippen LogP) is 1.68. The maximum atomic E-state index is 12.2. The van der Waals surface area contributed by atoms with Crippen LogP contribution in [0.1, 0.15) is 24.2 Å². The Balaban J connectivity index is 3.16. The fraction of sp³-hybridized carbons (Fsp3) is 0.385. The smallest absolute Gasteiger partial charge is 0.335 e. The van der Waals surface area contributed by atoms with Gasteiger partial charge in [0.25, 0.3) is 0 Å². The van der Waals surface area contributed by atoms with Gasteiger partial charge in [-0.2, -0.15) is 0 Å². The Hall–Kier alpha value is -1.60. The second-order valence-corrected chi connectivity index (χ2v) is 6.64. The van der Waals surface area contributed by atoms with E-state index < -0.39 is 27.5 Å². The van der Waals surface area contributed by atoms with Crippen molar-refractivity contribution in [3.63, 3.8) is 0 Å². The Labute approximate surface area is 128 Å². The van der Waals surface area contributed by atoms with Crippen LogP contribution in [0.4, 0.5) is 0 Å². The molecule has 116 valence electrons. The summed E-state index contributed by atoms with van der Waals surface area (Å²) in [5.41, 5.74) is -0.201. The molecule has 0 atom stereocenters. The molecule has 1 aromatic carbocycles. The van der Waals surface area contributed by atoms with Gasteiger partial charge in [0.05, 0.1) is 15.5 Å². The minimum absolute atomic E-state index is 0.104. The Morgan fingerprint density at radius 1 is 1.24 bits per heavy atom. The zero-order valence-corrected chi connectivity index (χ0v) is 13.2. The lowest BCUT2D eigenvalue weighted by molar-refractivity contribution is -0.128. The molecule has 1 rings (SSSR count). The molecule has 0 saturated heterocycles. The molecule has 6 nitrogen and oxygen atoms in total. The van der Waals surface area contributed by atoms with Gasteiger partial charge in [-0.15, -0.1) is 0 Å². The van der Waals surface area contributed by atoms with E-state index in [9.17, 15) is 18.0 Å². The molecule has 0 aromatic heterocycles. The van der Waals surface area contributed by atoms with E-state index in [0.29, 0.717) is 13.1 Å². The SMILES string of the molecule is CCN(CC)C(=O)CS(=O)(=O)c1cc(C(=O)O)ccc1Cl. The molecular weight excluding hydrogens is 318 g/mol. The number of carbonyl (C=O) groups is 2. The molecule has 0 aliphatic rings. The Morgan fingerprint density at radius 3 is 2.29 bits per heavy atom. The lowest BCUT2D eigenvalue weighted by atomic mass is 10.2. The average Bonchev–Trinajstić information content (AvgIpc) is 2.39. The summed E-state index contributed by atoms with van der Waals surface area (Å²) >= 11 is 5.82. The van der Waals surface area contributed by atoms with Crippen molar-refractivity contribution in [2.75, 3.05) is 18.8 Å². The number of carbonyl (C=O) groups excluding carboxylic acids is 1. The van der Waals surface area contributed by atoms with Crippen LogP contribution in [0.25, 0.3) is 0 Å². The van der Waals surface area contributed by atoms with Crippen molar-refractivity contribution in [2.24, 2.45) is 0 Å². The van der Waals surface area contributed by atoms with Gasteiger partial charge in [0, 0.05) is 13.1 Å². The number of benzene rings is 1. The van der Waals surface area contributed by atoms with E-state index in [1.165, 1.54) is 17.0 Å². The maximum Gasteiger partial charge on any atom is 0.335 e. The van der Waals surface area contributed by atoms with Gasteiger partial charge in [0.15, 0.2) is 9.84 Å². The number of amides is 1. The number of rotatable bonds is 6. The topological polar surface area (TPSA) is 91.8 Å². The number of carboxylic acids is 1. The van der Waals surface area contributed by atoms with E-state index in [1.807, 2.05) is 0 Å². The van der Waals surface area contributed by atoms with E-state index in [4.69, 9.17) is 16.7 Å². The number of aromatic carboxylic acids is 1. The fourth-order valence-electron chi connectivity index (χ4n) is 1.78. The summed E-state index contributed by atoms with van der Waals surface area (Å²) in [6, 6.07) is 3.37. The molecular formula is C13H16ClNO5S. The zero-order valence-electron chi connectivity index (χ0n) is 11.7. The predicted molar refractivity (Wildman–Crippen MR) is 78.4 cm³/mol. The third kappa shape index (κ3) is 4.18. The normalized spacial score (nSPS) is 11.2. The maximum absolute atomic E-state index is 12.2. The number of carboxylic acid groups (broad SMARTS) is 1. The largest absolute Gasteiger partial charge is 0.478 e. The molecule has 1 amide bonds. The summed E-state index contributed by atoms with van der Waals surface area (Å²) in [5.74, 6) is -2.55. The van der Waals surface area contributed by atoms with Crippen molar-refractivity contribution in [2.45, 2.75) is 18.7 Å². The number of halogens is 1. The van der Waals surface area contributed by atoms with Crippen LogP contribution in [0.2, 0.25) is 5.02 Å². The summed E-state index contributed by atoms with van der Waals surface area (Å²) in [6.45, 7) is 4.28. The molecule has 0 radical (unpaired) electrons. The van der Waals surface area contributed by atoms with E-state index in [-0.39, 0.29) is 15.5 Å². The highest BCUT2D eigenvalue weighted by molar-refractivity contribution is 7.92. The van der Waals surface area contributed by atoms with Crippen LogP contribution < -0.4 is 0 Å². The van der Waals surface area contributed by atoms with Crippen LogP contribution >= 0.6 is 11.6 Å². The third-order valence-electron chi connectivity index (χ3n) is 2.94. The Morgan fingerprint density at radius 2 is 1.81 bits per heavy atom. The molecule has 0 bridgehead atoms. The van der Waals surface area contributed by atoms with Gasteiger partial charge in [-0.05, 0) is 32.0 Å². The van der Waals surface area contributed by atoms with E-state index in [2.05, 4.69) is 0 Å². The van der Waals surface area contributed by atoms with Crippen LogP contribution in [0.15, 0.2) is 23.1 Å². The first-order chi connectivity index (χ1) is 9.72. The monoisotopic (exact) mass is 333 g/mol. The van der Waals surface area contributed by atoms with E-state index >= 15 is 0 Å². The lowest BCUT2D eigenvalue weighted by Gasteiger charge is -2.18. The van der Waals surface area contributed by atoms with Crippen molar-refractivity contribution in [3.8, 4) is 0 Å². The van der Waals surface area contributed by atoms with Crippen LogP contribution in [-0.2, 0) is 14.6 Å². The summed E-state index contributed by atoms with van der Waals surface area (Å²) in [5, 5.41) is 8.79. The second kappa shape index (κ2) is 6.91. The third-order valence-corrected chi connectivity index (χ3v) is 5.02. The van der Waals surface area contributed by atoms with Gasteiger partial charge in [0.1, 0.15) is 5.75 Å². The molecule has 0 fully saturated rings. The lowest BCUT2D eigenvalue weighted by Crippen LogP contribution is -2.35. The van der Waals surface area contributed by atoms with Gasteiger partial charge in [-0.1, -0.05) is 11.6 Å². The molecule has 1 N–H and O–H groups in total. The van der Waals surface area contributed by atoms with Gasteiger partial charge < -0.3 is 10.0 Å². The first-order valence-corrected chi connectivity index (χ1v) is 8.29. The average molecular weight is 334 g/mol. The zero-order chi connectivity index (χ0) is 16.2. The molecule has 0 spiro atoms. The highest BCUT2D eigenvalue weighted by Crippen LogP contribution is 2.24. The molecule has 0 unspecified atom stereocenters. The molecule has 0 saturated carbocycles. The first-order valence-electron chi connectivity index (χ1n) is 6.26.